The van der Waals surface area contributed by atoms with E-state index in [9.17, 15) is 14.0 Å². The van der Waals surface area contributed by atoms with Crippen LogP contribution < -0.4 is 10.3 Å². The van der Waals surface area contributed by atoms with E-state index >= 15 is 0 Å². The first-order valence-electron chi connectivity index (χ1n) is 10.1. The Morgan fingerprint density at radius 2 is 1.77 bits per heavy atom. The molecule has 1 aromatic heterocycles. The molecule has 2 fully saturated rings. The van der Waals surface area contributed by atoms with Crippen LogP contribution in [0.5, 0.6) is 0 Å². The third kappa shape index (κ3) is 4.90. The normalized spacial score (nSPS) is 16.2. The van der Waals surface area contributed by atoms with Gasteiger partial charge in [-0.1, -0.05) is 6.92 Å². The van der Waals surface area contributed by atoms with Crippen molar-refractivity contribution < 1.29 is 24.2 Å². The maximum Gasteiger partial charge on any atom is 0.503 e. The molecule has 1 amide bonds. The van der Waals surface area contributed by atoms with Crippen LogP contribution in [0.1, 0.15) is 38.6 Å². The van der Waals surface area contributed by atoms with E-state index in [0.717, 1.165) is 24.8 Å². The van der Waals surface area contributed by atoms with E-state index in [0.29, 0.717) is 49.7 Å². The monoisotopic (exact) mass is 419 g/mol. The summed E-state index contributed by atoms with van der Waals surface area (Å²) in [4.78, 5) is 36.6. The molecule has 8 nitrogen and oxygen atoms in total. The van der Waals surface area contributed by atoms with Crippen molar-refractivity contribution in [2.24, 2.45) is 0 Å². The van der Waals surface area contributed by atoms with Crippen LogP contribution in [-0.2, 0) is 4.79 Å². The van der Waals surface area contributed by atoms with Gasteiger partial charge in [0.15, 0.2) is 5.43 Å². The molecule has 0 bridgehead atoms. The number of nitrogens with zero attached hydrogens (tertiary/aromatic N) is 3. The molecule has 9 heteroatoms. The highest BCUT2D eigenvalue weighted by Gasteiger charge is 2.26. The lowest BCUT2D eigenvalue weighted by Gasteiger charge is -2.36. The molecule has 2 aromatic rings. The minimum absolute atomic E-state index is 0.141. The largest absolute Gasteiger partial charge is 0.503 e. The number of amides is 1. The number of pyridine rings is 1. The van der Waals surface area contributed by atoms with Crippen LogP contribution in [-0.4, -0.2) is 57.9 Å². The molecule has 1 aliphatic carbocycles. The molecule has 2 N–H and O–H groups in total. The standard InChI is InChI=1S/C20H24FN3O2.CH2O3/c1-2-3-20(26)23-10-8-22(9-11-23)18-13-17-15(12-16(18)21)19(25)6-7-24(17)14-4-5-14;2-1(3)4/h6-7,12-14H,2-5,8-11H2,1H3;(H2,2,3,4). The van der Waals surface area contributed by atoms with Gasteiger partial charge in [0.25, 0.3) is 0 Å². The fraction of sp³-hybridized carbons (Fsp3) is 0.476. The highest BCUT2D eigenvalue weighted by molar-refractivity contribution is 5.83. The maximum atomic E-state index is 14.7. The summed E-state index contributed by atoms with van der Waals surface area (Å²) in [6.07, 6.45) is 3.60. The highest BCUT2D eigenvalue weighted by Crippen LogP contribution is 2.37. The van der Waals surface area contributed by atoms with Crippen LogP contribution in [0.4, 0.5) is 14.9 Å². The minimum Gasteiger partial charge on any atom is -0.450 e. The van der Waals surface area contributed by atoms with Crippen LogP contribution in [0, 0.1) is 5.82 Å². The van der Waals surface area contributed by atoms with Gasteiger partial charge in [0.1, 0.15) is 5.82 Å². The quantitative estimate of drug-likeness (QED) is 0.789. The summed E-state index contributed by atoms with van der Waals surface area (Å²) < 4.78 is 16.8. The number of fused-ring (bicyclic) bond motifs is 1. The van der Waals surface area contributed by atoms with Crippen molar-refractivity contribution >= 4 is 28.7 Å². The third-order valence-corrected chi connectivity index (χ3v) is 5.37. The molecule has 0 unspecified atom stereocenters. The van der Waals surface area contributed by atoms with Crippen molar-refractivity contribution in [2.75, 3.05) is 31.1 Å². The molecule has 1 saturated heterocycles. The molecule has 0 radical (unpaired) electrons. The van der Waals surface area contributed by atoms with E-state index < -0.39 is 6.16 Å². The summed E-state index contributed by atoms with van der Waals surface area (Å²) >= 11 is 0. The SMILES string of the molecule is CCCC(=O)N1CCN(c2cc3c(cc2F)c(=O)ccn3C2CC2)CC1.O=C(O)O. The number of aromatic nitrogens is 1. The second kappa shape index (κ2) is 9.15. The maximum absolute atomic E-state index is 14.7. The van der Waals surface area contributed by atoms with E-state index in [1.54, 1.807) is 0 Å². The van der Waals surface area contributed by atoms with Crippen molar-refractivity contribution in [1.29, 1.82) is 0 Å². The summed E-state index contributed by atoms with van der Waals surface area (Å²) in [5.74, 6) is -0.190. The van der Waals surface area contributed by atoms with E-state index in [4.69, 9.17) is 15.0 Å². The van der Waals surface area contributed by atoms with E-state index in [1.807, 2.05) is 29.0 Å². The molecule has 2 aliphatic rings. The van der Waals surface area contributed by atoms with Gasteiger partial charge in [-0.3, -0.25) is 9.59 Å². The number of benzene rings is 1. The molecule has 4 rings (SSSR count). The number of piperazine rings is 1. The number of carbonyl (C=O) groups is 2. The predicted molar refractivity (Wildman–Crippen MR) is 111 cm³/mol. The molecule has 1 saturated carbocycles. The molecule has 162 valence electrons. The first kappa shape index (κ1) is 21.6. The van der Waals surface area contributed by atoms with Gasteiger partial charge in [0, 0.05) is 56.3 Å². The number of halogens is 1. The smallest absolute Gasteiger partial charge is 0.450 e. The first-order chi connectivity index (χ1) is 14.3. The molecule has 0 atom stereocenters. The van der Waals surface area contributed by atoms with Gasteiger partial charge in [0.05, 0.1) is 11.2 Å². The second-order valence-electron chi connectivity index (χ2n) is 7.54. The molecule has 1 aliphatic heterocycles. The zero-order valence-corrected chi connectivity index (χ0v) is 16.9. The number of hydrogen-bond acceptors (Lipinski definition) is 4. The Bertz CT molecular complexity index is 990. The van der Waals surface area contributed by atoms with Crippen molar-refractivity contribution in [3.63, 3.8) is 0 Å². The highest BCUT2D eigenvalue weighted by atomic mass is 19.1. The number of anilines is 1. The number of carbonyl (C=O) groups excluding carboxylic acids is 1. The third-order valence-electron chi connectivity index (χ3n) is 5.37. The Morgan fingerprint density at radius 3 is 2.33 bits per heavy atom. The Balaban J connectivity index is 0.000000589. The van der Waals surface area contributed by atoms with Crippen LogP contribution >= 0.6 is 0 Å². The van der Waals surface area contributed by atoms with Crippen molar-refractivity contribution in [3.8, 4) is 0 Å². The Morgan fingerprint density at radius 1 is 1.13 bits per heavy atom. The molecular weight excluding hydrogens is 393 g/mol. The van der Waals surface area contributed by atoms with Gasteiger partial charge in [0.2, 0.25) is 5.91 Å². The van der Waals surface area contributed by atoms with E-state index in [2.05, 4.69) is 4.57 Å². The second-order valence-corrected chi connectivity index (χ2v) is 7.54. The molecule has 2 heterocycles. The summed E-state index contributed by atoms with van der Waals surface area (Å²) in [6.45, 7) is 4.44. The number of carboxylic acid groups (broad SMARTS) is 2. The van der Waals surface area contributed by atoms with Crippen LogP contribution in [0.2, 0.25) is 0 Å². The van der Waals surface area contributed by atoms with Crippen LogP contribution in [0.3, 0.4) is 0 Å². The molecular formula is C21H26FN3O5. The van der Waals surface area contributed by atoms with Gasteiger partial charge in [-0.25, -0.2) is 9.18 Å². The Labute approximate surface area is 173 Å². The average molecular weight is 419 g/mol. The van der Waals surface area contributed by atoms with Gasteiger partial charge < -0.3 is 24.6 Å². The predicted octanol–water partition coefficient (Wildman–Crippen LogP) is 3.15. The number of hydrogen-bond donors (Lipinski definition) is 2. The summed E-state index contributed by atoms with van der Waals surface area (Å²) in [6, 6.07) is 5.13. The van der Waals surface area contributed by atoms with Crippen molar-refractivity contribution in [2.45, 2.75) is 38.6 Å². The lowest BCUT2D eigenvalue weighted by molar-refractivity contribution is -0.131. The van der Waals surface area contributed by atoms with E-state index in [1.165, 1.54) is 12.1 Å². The van der Waals surface area contributed by atoms with Crippen LogP contribution in [0.25, 0.3) is 10.9 Å². The van der Waals surface area contributed by atoms with Gasteiger partial charge in [-0.2, -0.15) is 0 Å². The minimum atomic E-state index is -1.83. The van der Waals surface area contributed by atoms with Gasteiger partial charge >= 0.3 is 6.16 Å². The van der Waals surface area contributed by atoms with E-state index in [-0.39, 0.29) is 17.2 Å². The lowest BCUT2D eigenvalue weighted by atomic mass is 10.1. The van der Waals surface area contributed by atoms with Crippen LogP contribution in [0.15, 0.2) is 29.2 Å². The fourth-order valence-corrected chi connectivity index (χ4v) is 3.76. The summed E-state index contributed by atoms with van der Waals surface area (Å²) in [7, 11) is 0. The van der Waals surface area contributed by atoms with Gasteiger partial charge in [-0.05, 0) is 31.4 Å². The first-order valence-corrected chi connectivity index (χ1v) is 10.1. The number of rotatable bonds is 4. The fourth-order valence-electron chi connectivity index (χ4n) is 3.76. The Hall–Kier alpha value is -3.10. The molecule has 0 spiro atoms. The zero-order valence-electron chi connectivity index (χ0n) is 16.9. The van der Waals surface area contributed by atoms with Crippen molar-refractivity contribution in [3.05, 3.63) is 40.4 Å². The van der Waals surface area contributed by atoms with Gasteiger partial charge in [-0.15, -0.1) is 0 Å². The topological polar surface area (TPSA) is 103 Å². The Kier molecular flexibility index (Phi) is 6.59. The average Bonchev–Trinajstić information content (AvgIpc) is 3.53. The summed E-state index contributed by atoms with van der Waals surface area (Å²) in [5, 5.41) is 14.4. The van der Waals surface area contributed by atoms with Crippen molar-refractivity contribution in [1.82, 2.24) is 9.47 Å². The lowest BCUT2D eigenvalue weighted by Crippen LogP contribution is -2.49. The molecule has 1 aromatic carbocycles. The zero-order chi connectivity index (χ0) is 21.8. The molecule has 30 heavy (non-hydrogen) atoms. The summed E-state index contributed by atoms with van der Waals surface area (Å²) in [5.41, 5.74) is 1.19.